The lowest BCUT2D eigenvalue weighted by Gasteiger charge is -2.08. The van der Waals surface area contributed by atoms with Crippen LogP contribution in [0.3, 0.4) is 0 Å². The average molecular weight is 427 g/mol. The molecule has 0 spiro atoms. The maximum atomic E-state index is 9.17. The Morgan fingerprint density at radius 3 is 2.25 bits per heavy atom. The van der Waals surface area contributed by atoms with Gasteiger partial charge in [-0.1, -0.05) is 69.0 Å². The average Bonchev–Trinajstić information content (AvgIpc) is 2.82. The molecule has 0 aliphatic rings. The zero-order valence-electron chi connectivity index (χ0n) is 19.2. The van der Waals surface area contributed by atoms with Gasteiger partial charge in [-0.15, -0.1) is 0 Å². The predicted molar refractivity (Wildman–Crippen MR) is 132 cm³/mol. The highest BCUT2D eigenvalue weighted by atomic mass is 16.5. The van der Waals surface area contributed by atoms with E-state index in [4.69, 9.17) is 10.00 Å². The monoisotopic (exact) mass is 426 g/mol. The summed E-state index contributed by atoms with van der Waals surface area (Å²) in [7, 11) is 0. The summed E-state index contributed by atoms with van der Waals surface area (Å²) in [5.41, 5.74) is 1.96. The lowest BCUT2D eigenvalue weighted by Crippen LogP contribution is -1.91. The first-order chi connectivity index (χ1) is 15.8. The molecule has 0 fully saturated rings. The van der Waals surface area contributed by atoms with Crippen LogP contribution in [0.25, 0.3) is 0 Å². The maximum Gasteiger partial charge on any atom is 0.128 e. The number of unbranched alkanes of at least 4 members (excludes halogenated alkanes) is 6. The number of hydrogen-bond acceptors (Lipinski definition) is 3. The zero-order valence-corrected chi connectivity index (χ0v) is 19.2. The molecule has 2 aromatic carbocycles. The molecular weight excluding hydrogens is 392 g/mol. The van der Waals surface area contributed by atoms with Gasteiger partial charge in [-0.3, -0.25) is 0 Å². The molecule has 0 atom stereocenters. The molecule has 32 heavy (non-hydrogen) atoms. The lowest BCUT2D eigenvalue weighted by atomic mass is 10.0. The number of hydrogen-bond donors (Lipinski definition) is 0. The van der Waals surface area contributed by atoms with Crippen molar-refractivity contribution >= 4 is 0 Å². The Kier molecular flexibility index (Phi) is 12.1. The van der Waals surface area contributed by atoms with Crippen LogP contribution in [0.1, 0.15) is 81.4 Å². The van der Waals surface area contributed by atoms with Gasteiger partial charge in [-0.2, -0.15) is 10.5 Å². The number of aryl methyl sites for hydroxylation is 1. The van der Waals surface area contributed by atoms with Crippen LogP contribution in [-0.4, -0.2) is 0 Å². The van der Waals surface area contributed by atoms with Gasteiger partial charge in [0.25, 0.3) is 0 Å². The van der Waals surface area contributed by atoms with E-state index in [2.05, 4.69) is 43.4 Å². The van der Waals surface area contributed by atoms with E-state index in [1.54, 1.807) is 18.2 Å². The Morgan fingerprint density at radius 2 is 1.47 bits per heavy atom. The van der Waals surface area contributed by atoms with Crippen LogP contribution < -0.4 is 4.74 Å². The molecule has 0 heterocycles. The predicted octanol–water partition coefficient (Wildman–Crippen LogP) is 8.41. The Hall–Kier alpha value is -3.30. The molecule has 3 nitrogen and oxygen atoms in total. The van der Waals surface area contributed by atoms with Crippen molar-refractivity contribution in [2.45, 2.75) is 71.1 Å². The molecule has 2 aromatic rings. The SMILES string of the molecule is CCCC=CCC=CCCCCCCCc1cccc(Oc2ccc(C#N)c(C#N)c2)c1. The zero-order chi connectivity index (χ0) is 22.9. The van der Waals surface area contributed by atoms with Crippen LogP contribution in [0.4, 0.5) is 0 Å². The van der Waals surface area contributed by atoms with Crippen molar-refractivity contribution in [3.05, 3.63) is 83.5 Å². The van der Waals surface area contributed by atoms with Crippen LogP contribution in [0.5, 0.6) is 11.5 Å². The molecule has 0 aromatic heterocycles. The summed E-state index contributed by atoms with van der Waals surface area (Å²) >= 11 is 0. The highest BCUT2D eigenvalue weighted by molar-refractivity contribution is 5.50. The minimum atomic E-state index is 0.334. The van der Waals surface area contributed by atoms with Crippen LogP contribution in [0.2, 0.25) is 0 Å². The summed E-state index contributed by atoms with van der Waals surface area (Å²) in [6, 6.07) is 17.1. The van der Waals surface area contributed by atoms with E-state index in [-0.39, 0.29) is 0 Å². The van der Waals surface area contributed by atoms with Crippen LogP contribution in [0, 0.1) is 22.7 Å². The second kappa shape index (κ2) is 15.5. The Bertz CT molecular complexity index is 960. The van der Waals surface area contributed by atoms with Gasteiger partial charge in [0, 0.05) is 0 Å². The van der Waals surface area contributed by atoms with Crippen molar-refractivity contribution in [1.82, 2.24) is 0 Å². The van der Waals surface area contributed by atoms with E-state index in [9.17, 15) is 5.26 Å². The number of rotatable bonds is 14. The lowest BCUT2D eigenvalue weighted by molar-refractivity contribution is 0.481. The van der Waals surface area contributed by atoms with Gasteiger partial charge < -0.3 is 4.74 Å². The molecule has 0 bridgehead atoms. The van der Waals surface area contributed by atoms with Gasteiger partial charge >= 0.3 is 0 Å². The molecule has 0 amide bonds. The second-order valence-corrected chi connectivity index (χ2v) is 7.95. The third-order valence-electron chi connectivity index (χ3n) is 5.26. The minimum Gasteiger partial charge on any atom is -0.457 e. The van der Waals surface area contributed by atoms with Crippen molar-refractivity contribution in [1.29, 1.82) is 10.5 Å². The van der Waals surface area contributed by atoms with E-state index in [0.29, 0.717) is 16.9 Å². The molecule has 0 saturated heterocycles. The molecule has 0 aliphatic carbocycles. The normalized spacial score (nSPS) is 11.0. The maximum absolute atomic E-state index is 9.17. The van der Waals surface area contributed by atoms with Crippen LogP contribution >= 0.6 is 0 Å². The summed E-state index contributed by atoms with van der Waals surface area (Å²) in [5, 5.41) is 18.2. The standard InChI is InChI=1S/C29H34N2O/c1-2-3-4-5-6-7-8-9-10-11-12-13-14-16-25-17-15-18-28(21-25)32-29-20-19-26(23-30)27(22-29)24-31/h4-5,7-8,15,17-22H,2-3,6,9-14,16H2,1H3. The molecule has 0 N–H and O–H groups in total. The van der Waals surface area contributed by atoms with Gasteiger partial charge in [-0.05, 0) is 74.4 Å². The van der Waals surface area contributed by atoms with Gasteiger partial charge in [-0.25, -0.2) is 0 Å². The van der Waals surface area contributed by atoms with E-state index in [1.165, 1.54) is 56.9 Å². The fourth-order valence-corrected chi connectivity index (χ4v) is 3.47. The minimum absolute atomic E-state index is 0.334. The number of ether oxygens (including phenoxy) is 1. The molecule has 2 rings (SSSR count). The van der Waals surface area contributed by atoms with Crippen molar-refractivity contribution < 1.29 is 4.74 Å². The summed E-state index contributed by atoms with van der Waals surface area (Å²) in [5.74, 6) is 1.33. The first-order valence-electron chi connectivity index (χ1n) is 11.8. The van der Waals surface area contributed by atoms with Gasteiger partial charge in [0.2, 0.25) is 0 Å². The Labute approximate surface area is 193 Å². The Balaban J connectivity index is 1.65. The third kappa shape index (κ3) is 9.67. The van der Waals surface area contributed by atoms with Crippen LogP contribution in [-0.2, 0) is 6.42 Å². The van der Waals surface area contributed by atoms with Crippen LogP contribution in [0.15, 0.2) is 66.8 Å². The van der Waals surface area contributed by atoms with Crippen molar-refractivity contribution in [3.8, 4) is 23.6 Å². The van der Waals surface area contributed by atoms with E-state index in [0.717, 1.165) is 18.6 Å². The largest absolute Gasteiger partial charge is 0.457 e. The molecule has 0 aliphatic heterocycles. The summed E-state index contributed by atoms with van der Waals surface area (Å²) in [6.45, 7) is 2.21. The smallest absolute Gasteiger partial charge is 0.128 e. The molecule has 0 radical (unpaired) electrons. The first-order valence-corrected chi connectivity index (χ1v) is 11.8. The van der Waals surface area contributed by atoms with Crippen molar-refractivity contribution in [2.24, 2.45) is 0 Å². The summed E-state index contributed by atoms with van der Waals surface area (Å²) < 4.78 is 5.91. The molecule has 0 saturated carbocycles. The number of benzene rings is 2. The van der Waals surface area contributed by atoms with Crippen molar-refractivity contribution in [3.63, 3.8) is 0 Å². The number of allylic oxidation sites excluding steroid dienone is 4. The first kappa shape index (κ1) is 25.0. The highest BCUT2D eigenvalue weighted by Crippen LogP contribution is 2.25. The van der Waals surface area contributed by atoms with Crippen molar-refractivity contribution in [2.75, 3.05) is 0 Å². The molecule has 0 unspecified atom stereocenters. The topological polar surface area (TPSA) is 56.8 Å². The number of nitriles is 2. The fraction of sp³-hybridized carbons (Fsp3) is 0.379. The fourth-order valence-electron chi connectivity index (χ4n) is 3.47. The van der Waals surface area contributed by atoms with Gasteiger partial charge in [0.1, 0.15) is 23.6 Å². The highest BCUT2D eigenvalue weighted by Gasteiger charge is 2.05. The third-order valence-corrected chi connectivity index (χ3v) is 5.26. The summed E-state index contributed by atoms with van der Waals surface area (Å²) in [6.07, 6.45) is 21.1. The van der Waals surface area contributed by atoms with Gasteiger partial charge in [0.15, 0.2) is 0 Å². The molecule has 166 valence electrons. The van der Waals surface area contributed by atoms with E-state index < -0.39 is 0 Å². The molecular formula is C29H34N2O. The van der Waals surface area contributed by atoms with Gasteiger partial charge in [0.05, 0.1) is 11.1 Å². The number of nitrogens with zero attached hydrogens (tertiary/aromatic N) is 2. The molecule has 3 heteroatoms. The Morgan fingerprint density at radius 1 is 0.750 bits per heavy atom. The second-order valence-electron chi connectivity index (χ2n) is 7.95. The van der Waals surface area contributed by atoms with E-state index >= 15 is 0 Å². The summed E-state index contributed by atoms with van der Waals surface area (Å²) in [4.78, 5) is 0. The van der Waals surface area contributed by atoms with E-state index in [1.807, 2.05) is 24.3 Å². The quantitative estimate of drug-likeness (QED) is 0.225.